The molecule has 2 atom stereocenters. The molecule has 0 saturated carbocycles. The van der Waals surface area contributed by atoms with Gasteiger partial charge in [-0.3, -0.25) is 9.69 Å². The van der Waals surface area contributed by atoms with Crippen molar-refractivity contribution in [3.63, 3.8) is 0 Å². The molecule has 3 heterocycles. The molecule has 6 heteroatoms. The largest absolute Gasteiger partial charge is 0.376 e. The molecule has 0 aromatic carbocycles. The molecule has 1 aromatic rings. The fourth-order valence-corrected chi connectivity index (χ4v) is 3.42. The number of hydrogen-bond donors (Lipinski definition) is 1. The molecule has 0 spiro atoms. The molecule has 2 fully saturated rings. The Morgan fingerprint density at radius 2 is 2.29 bits per heavy atom. The maximum absolute atomic E-state index is 12.2. The molecule has 6 nitrogen and oxygen atoms in total. The number of pyridine rings is 1. The topological polar surface area (TPSA) is 57.7 Å². The number of amides is 1. The van der Waals surface area contributed by atoms with Gasteiger partial charge >= 0.3 is 0 Å². The summed E-state index contributed by atoms with van der Waals surface area (Å²) in [6, 6.07) is 6.45. The number of carbonyl (C=O) groups is 1. The van der Waals surface area contributed by atoms with E-state index in [0.717, 1.165) is 50.6 Å². The summed E-state index contributed by atoms with van der Waals surface area (Å²) in [5.74, 6) is 1.13. The molecular formula is C18H28N4O2. The van der Waals surface area contributed by atoms with E-state index in [9.17, 15) is 4.79 Å². The highest BCUT2D eigenvalue weighted by Crippen LogP contribution is 2.17. The number of piperazine rings is 1. The summed E-state index contributed by atoms with van der Waals surface area (Å²) in [6.07, 6.45) is 2.36. The van der Waals surface area contributed by atoms with Gasteiger partial charge < -0.3 is 15.0 Å². The molecule has 132 valence electrons. The molecule has 3 rings (SSSR count). The van der Waals surface area contributed by atoms with Crippen molar-refractivity contribution in [2.24, 2.45) is 0 Å². The molecule has 2 aliphatic rings. The van der Waals surface area contributed by atoms with E-state index < -0.39 is 0 Å². The lowest BCUT2D eigenvalue weighted by molar-refractivity contribution is -0.123. The Labute approximate surface area is 144 Å². The molecule has 1 N–H and O–H groups in total. The smallest absolute Gasteiger partial charge is 0.234 e. The van der Waals surface area contributed by atoms with E-state index in [1.54, 1.807) is 0 Å². The number of nitrogens with zero attached hydrogens (tertiary/aromatic N) is 3. The van der Waals surface area contributed by atoms with Crippen LogP contribution in [0.25, 0.3) is 0 Å². The molecule has 24 heavy (non-hydrogen) atoms. The van der Waals surface area contributed by atoms with Crippen molar-refractivity contribution in [1.29, 1.82) is 0 Å². The second-order valence-corrected chi connectivity index (χ2v) is 6.84. The van der Waals surface area contributed by atoms with E-state index in [1.807, 2.05) is 19.1 Å². The first-order valence-corrected chi connectivity index (χ1v) is 8.93. The van der Waals surface area contributed by atoms with E-state index in [-0.39, 0.29) is 12.0 Å². The van der Waals surface area contributed by atoms with Gasteiger partial charge in [0.1, 0.15) is 5.82 Å². The summed E-state index contributed by atoms with van der Waals surface area (Å²) >= 11 is 0. The summed E-state index contributed by atoms with van der Waals surface area (Å²) in [5, 5.41) is 3.01. The van der Waals surface area contributed by atoms with Gasteiger partial charge in [-0.05, 0) is 38.8 Å². The third-order valence-corrected chi connectivity index (χ3v) is 4.86. The van der Waals surface area contributed by atoms with Crippen LogP contribution in [0.3, 0.4) is 0 Å². The third-order valence-electron chi connectivity index (χ3n) is 4.86. The number of anilines is 1. The van der Waals surface area contributed by atoms with E-state index in [2.05, 4.69) is 33.1 Å². The number of ether oxygens (including phenoxy) is 1. The first-order chi connectivity index (χ1) is 11.6. The second kappa shape index (κ2) is 7.94. The lowest BCUT2D eigenvalue weighted by Crippen LogP contribution is -2.54. The van der Waals surface area contributed by atoms with Gasteiger partial charge in [0.15, 0.2) is 0 Å². The van der Waals surface area contributed by atoms with Crippen molar-refractivity contribution in [2.45, 2.75) is 38.8 Å². The Balaban J connectivity index is 1.46. The lowest BCUT2D eigenvalue weighted by atomic mass is 10.2. The number of nitrogens with one attached hydrogen (secondary N) is 1. The first-order valence-electron chi connectivity index (χ1n) is 8.93. The number of rotatable bonds is 5. The second-order valence-electron chi connectivity index (χ2n) is 6.84. The van der Waals surface area contributed by atoms with Gasteiger partial charge in [0.25, 0.3) is 0 Å². The van der Waals surface area contributed by atoms with Gasteiger partial charge in [-0.15, -0.1) is 0 Å². The van der Waals surface area contributed by atoms with Crippen LogP contribution in [-0.2, 0) is 9.53 Å². The lowest BCUT2D eigenvalue weighted by Gasteiger charge is -2.40. The quantitative estimate of drug-likeness (QED) is 0.878. The summed E-state index contributed by atoms with van der Waals surface area (Å²) in [5.41, 5.74) is 1.04. The number of carbonyl (C=O) groups excluding carboxylic acids is 1. The number of hydrogen-bond acceptors (Lipinski definition) is 5. The number of aryl methyl sites for hydroxylation is 1. The Hall–Kier alpha value is -1.66. The number of aromatic nitrogens is 1. The van der Waals surface area contributed by atoms with Gasteiger partial charge in [-0.2, -0.15) is 0 Å². The molecule has 1 amide bonds. The summed E-state index contributed by atoms with van der Waals surface area (Å²) in [4.78, 5) is 21.3. The van der Waals surface area contributed by atoms with E-state index in [4.69, 9.17) is 4.74 Å². The van der Waals surface area contributed by atoms with Crippen LogP contribution in [0.5, 0.6) is 0 Å². The Morgan fingerprint density at radius 1 is 1.42 bits per heavy atom. The van der Waals surface area contributed by atoms with Crippen molar-refractivity contribution in [3.05, 3.63) is 23.9 Å². The average Bonchev–Trinajstić information content (AvgIpc) is 3.08. The predicted molar refractivity (Wildman–Crippen MR) is 94.2 cm³/mol. The zero-order valence-corrected chi connectivity index (χ0v) is 14.7. The molecule has 2 aliphatic heterocycles. The molecule has 0 radical (unpaired) electrons. The van der Waals surface area contributed by atoms with Crippen LogP contribution in [-0.4, -0.2) is 67.3 Å². The van der Waals surface area contributed by atoms with Gasteiger partial charge in [-0.25, -0.2) is 4.98 Å². The third kappa shape index (κ3) is 4.45. The highest BCUT2D eigenvalue weighted by atomic mass is 16.5. The zero-order valence-electron chi connectivity index (χ0n) is 14.7. The molecule has 1 aromatic heterocycles. The van der Waals surface area contributed by atoms with Crippen LogP contribution in [0.1, 0.15) is 25.5 Å². The fourth-order valence-electron chi connectivity index (χ4n) is 3.42. The van der Waals surface area contributed by atoms with Gasteiger partial charge in [-0.1, -0.05) is 6.07 Å². The predicted octanol–water partition coefficient (Wildman–Crippen LogP) is 1.20. The standard InChI is InChI=1S/C18H28N4O2/c1-14-5-3-7-17(20-14)22-9-8-21(15(2)12-22)13-18(23)19-11-16-6-4-10-24-16/h3,5,7,15-16H,4,6,8-13H2,1-2H3,(H,19,23)/t15-,16-/m1/s1. The summed E-state index contributed by atoms with van der Waals surface area (Å²) in [7, 11) is 0. The minimum atomic E-state index is 0.0967. The van der Waals surface area contributed by atoms with Crippen molar-refractivity contribution in [1.82, 2.24) is 15.2 Å². The van der Waals surface area contributed by atoms with E-state index >= 15 is 0 Å². The van der Waals surface area contributed by atoms with Gasteiger partial charge in [0.2, 0.25) is 5.91 Å². The van der Waals surface area contributed by atoms with Crippen molar-refractivity contribution < 1.29 is 9.53 Å². The van der Waals surface area contributed by atoms with Gasteiger partial charge in [0.05, 0.1) is 12.6 Å². The van der Waals surface area contributed by atoms with Crippen molar-refractivity contribution in [2.75, 3.05) is 44.2 Å². The monoisotopic (exact) mass is 332 g/mol. The maximum Gasteiger partial charge on any atom is 0.234 e. The van der Waals surface area contributed by atoms with Crippen molar-refractivity contribution in [3.8, 4) is 0 Å². The summed E-state index contributed by atoms with van der Waals surface area (Å²) in [6.45, 7) is 8.80. The fraction of sp³-hybridized carbons (Fsp3) is 0.667. The van der Waals surface area contributed by atoms with Crippen LogP contribution in [0.15, 0.2) is 18.2 Å². The van der Waals surface area contributed by atoms with Crippen LogP contribution < -0.4 is 10.2 Å². The molecule has 0 aliphatic carbocycles. The minimum absolute atomic E-state index is 0.0967. The van der Waals surface area contributed by atoms with Crippen LogP contribution in [0, 0.1) is 6.92 Å². The normalized spacial score (nSPS) is 25.0. The Bertz CT molecular complexity index is 560. The molecular weight excluding hydrogens is 304 g/mol. The average molecular weight is 332 g/mol. The van der Waals surface area contributed by atoms with Crippen LogP contribution in [0.4, 0.5) is 5.82 Å². The maximum atomic E-state index is 12.2. The summed E-state index contributed by atoms with van der Waals surface area (Å²) < 4.78 is 5.55. The Kier molecular flexibility index (Phi) is 5.68. The molecule has 2 saturated heterocycles. The first kappa shape index (κ1) is 17.2. The highest BCUT2D eigenvalue weighted by Gasteiger charge is 2.26. The highest BCUT2D eigenvalue weighted by molar-refractivity contribution is 5.78. The molecule has 0 unspecified atom stereocenters. The van der Waals surface area contributed by atoms with E-state index in [1.165, 1.54) is 0 Å². The Morgan fingerprint density at radius 3 is 3.00 bits per heavy atom. The van der Waals surface area contributed by atoms with Crippen molar-refractivity contribution >= 4 is 11.7 Å². The van der Waals surface area contributed by atoms with E-state index in [0.29, 0.717) is 19.1 Å². The molecule has 0 bridgehead atoms. The van der Waals surface area contributed by atoms with Crippen LogP contribution in [0.2, 0.25) is 0 Å². The SMILES string of the molecule is Cc1cccc(N2CCN(CC(=O)NC[C@H]3CCCO3)[C@H](C)C2)n1. The van der Waals surface area contributed by atoms with Gasteiger partial charge in [0, 0.05) is 44.5 Å². The zero-order chi connectivity index (χ0) is 16.9. The minimum Gasteiger partial charge on any atom is -0.376 e. The van der Waals surface area contributed by atoms with Crippen LogP contribution >= 0.6 is 0 Å².